The highest BCUT2D eigenvalue weighted by Crippen LogP contribution is 2.17. The van der Waals surface area contributed by atoms with Crippen LogP contribution in [0.25, 0.3) is 0 Å². The Morgan fingerprint density at radius 2 is 1.48 bits per heavy atom. The number of nitrogens with one attached hydrogen (secondary N) is 2. The van der Waals surface area contributed by atoms with Crippen molar-refractivity contribution in [2.45, 2.75) is 6.54 Å². The number of hydrogen-bond acceptors (Lipinski definition) is 4. The third-order valence-electron chi connectivity index (χ3n) is 3.82. The van der Waals surface area contributed by atoms with E-state index in [1.54, 1.807) is 5.01 Å². The average molecular weight is 362 g/mol. The number of benzene rings is 3. The van der Waals surface area contributed by atoms with E-state index >= 15 is 0 Å². The van der Waals surface area contributed by atoms with Crippen molar-refractivity contribution in [1.29, 1.82) is 0 Å². The number of carbonyl (C=O) groups excluding carboxylic acids is 1. The Morgan fingerprint density at radius 1 is 0.889 bits per heavy atom. The first kappa shape index (κ1) is 17.9. The molecule has 7 nitrogen and oxygen atoms in total. The molecule has 3 aromatic carbocycles. The summed E-state index contributed by atoms with van der Waals surface area (Å²) in [7, 11) is 0. The Morgan fingerprint density at radius 3 is 2.07 bits per heavy atom. The summed E-state index contributed by atoms with van der Waals surface area (Å²) in [6, 6.07) is 24.5. The Bertz CT molecular complexity index is 900. The van der Waals surface area contributed by atoms with Gasteiger partial charge in [0.2, 0.25) is 0 Å². The molecule has 3 rings (SSSR count). The van der Waals surface area contributed by atoms with E-state index in [1.165, 1.54) is 24.3 Å². The maximum absolute atomic E-state index is 12.4. The second-order valence-corrected chi connectivity index (χ2v) is 5.78. The maximum atomic E-state index is 12.4. The largest absolute Gasteiger partial charge is 0.338 e. The lowest BCUT2D eigenvalue weighted by atomic mass is 10.2. The van der Waals surface area contributed by atoms with Crippen LogP contribution in [0.2, 0.25) is 0 Å². The molecule has 0 aliphatic carbocycles. The second kappa shape index (κ2) is 8.48. The van der Waals surface area contributed by atoms with E-state index in [4.69, 9.17) is 0 Å². The molecule has 0 aromatic heterocycles. The van der Waals surface area contributed by atoms with Gasteiger partial charge in [0, 0.05) is 17.8 Å². The molecule has 0 saturated heterocycles. The number of nitrogens with zero attached hydrogens (tertiary/aromatic N) is 2. The zero-order valence-electron chi connectivity index (χ0n) is 14.4. The summed E-state index contributed by atoms with van der Waals surface area (Å²) in [5.74, 6) is 0. The number of nitro benzene ring substituents is 1. The molecule has 0 atom stereocenters. The Labute approximate surface area is 156 Å². The Hall–Kier alpha value is -3.87. The molecule has 0 aliphatic heterocycles. The number of hydrazine groups is 1. The van der Waals surface area contributed by atoms with Gasteiger partial charge in [-0.1, -0.05) is 48.5 Å². The summed E-state index contributed by atoms with van der Waals surface area (Å²) < 4.78 is 0. The lowest BCUT2D eigenvalue weighted by Crippen LogP contribution is -2.44. The third kappa shape index (κ3) is 5.05. The van der Waals surface area contributed by atoms with Gasteiger partial charge in [-0.15, -0.1) is 0 Å². The van der Waals surface area contributed by atoms with Crippen molar-refractivity contribution in [1.82, 2.24) is 5.43 Å². The number of hydrogen-bond donors (Lipinski definition) is 2. The van der Waals surface area contributed by atoms with Gasteiger partial charge in [-0.3, -0.25) is 15.1 Å². The SMILES string of the molecule is O=C(Nc1ccc([N+](=O)[O-])cc1)NN(Cc1ccccc1)c1ccccc1. The van der Waals surface area contributed by atoms with Crippen LogP contribution in [0.15, 0.2) is 84.9 Å². The zero-order valence-corrected chi connectivity index (χ0v) is 14.4. The van der Waals surface area contributed by atoms with Crippen molar-refractivity contribution in [3.63, 3.8) is 0 Å². The first-order valence-electron chi connectivity index (χ1n) is 8.30. The van der Waals surface area contributed by atoms with Crippen LogP contribution in [0.1, 0.15) is 5.56 Å². The van der Waals surface area contributed by atoms with Gasteiger partial charge in [-0.05, 0) is 29.8 Å². The number of para-hydroxylation sites is 1. The first-order chi connectivity index (χ1) is 13.1. The minimum atomic E-state index is -0.485. The van der Waals surface area contributed by atoms with E-state index in [9.17, 15) is 14.9 Å². The highest BCUT2D eigenvalue weighted by Gasteiger charge is 2.12. The van der Waals surface area contributed by atoms with Crippen molar-refractivity contribution >= 4 is 23.1 Å². The fourth-order valence-corrected chi connectivity index (χ4v) is 2.52. The first-order valence-corrected chi connectivity index (χ1v) is 8.30. The van der Waals surface area contributed by atoms with E-state index in [0.29, 0.717) is 12.2 Å². The fourth-order valence-electron chi connectivity index (χ4n) is 2.52. The van der Waals surface area contributed by atoms with E-state index in [2.05, 4.69) is 10.7 Å². The summed E-state index contributed by atoms with van der Waals surface area (Å²) in [6.45, 7) is 0.485. The molecule has 3 aromatic rings. The molecule has 2 N–H and O–H groups in total. The van der Waals surface area contributed by atoms with Crippen LogP contribution in [0.4, 0.5) is 21.9 Å². The number of rotatable bonds is 6. The number of amides is 2. The minimum Gasteiger partial charge on any atom is -0.307 e. The molecule has 0 aliphatic rings. The monoisotopic (exact) mass is 362 g/mol. The van der Waals surface area contributed by atoms with Gasteiger partial charge >= 0.3 is 6.03 Å². The van der Waals surface area contributed by atoms with Crippen LogP contribution in [0.3, 0.4) is 0 Å². The lowest BCUT2D eigenvalue weighted by Gasteiger charge is -2.25. The molecule has 136 valence electrons. The molecule has 0 saturated carbocycles. The topological polar surface area (TPSA) is 87.5 Å². The van der Waals surface area contributed by atoms with Gasteiger partial charge in [0.1, 0.15) is 0 Å². The number of nitro groups is 1. The Balaban J connectivity index is 1.71. The van der Waals surface area contributed by atoms with Gasteiger partial charge in [0.15, 0.2) is 0 Å². The molecule has 0 heterocycles. The van der Waals surface area contributed by atoms with Crippen molar-refractivity contribution in [2.75, 3.05) is 10.3 Å². The molecule has 0 bridgehead atoms. The smallest absolute Gasteiger partial charge is 0.307 e. The maximum Gasteiger partial charge on any atom is 0.338 e. The molecule has 0 fully saturated rings. The van der Waals surface area contributed by atoms with Gasteiger partial charge in [-0.2, -0.15) is 0 Å². The number of urea groups is 1. The van der Waals surface area contributed by atoms with Crippen LogP contribution in [0, 0.1) is 10.1 Å². The predicted octanol–water partition coefficient (Wildman–Crippen LogP) is 4.34. The quantitative estimate of drug-likeness (QED) is 0.504. The Kier molecular flexibility index (Phi) is 5.64. The van der Waals surface area contributed by atoms with Crippen LogP contribution < -0.4 is 15.8 Å². The molecule has 0 radical (unpaired) electrons. The average Bonchev–Trinajstić information content (AvgIpc) is 2.69. The molecule has 2 amide bonds. The molecule has 0 spiro atoms. The van der Waals surface area contributed by atoms with Crippen molar-refractivity contribution in [3.8, 4) is 0 Å². The molecule has 27 heavy (non-hydrogen) atoms. The highest BCUT2D eigenvalue weighted by atomic mass is 16.6. The normalized spacial score (nSPS) is 10.1. The van der Waals surface area contributed by atoms with Crippen LogP contribution in [-0.4, -0.2) is 11.0 Å². The van der Waals surface area contributed by atoms with Crippen molar-refractivity contribution in [2.24, 2.45) is 0 Å². The van der Waals surface area contributed by atoms with Gasteiger partial charge in [-0.25, -0.2) is 10.2 Å². The van der Waals surface area contributed by atoms with E-state index in [-0.39, 0.29) is 5.69 Å². The second-order valence-electron chi connectivity index (χ2n) is 5.78. The van der Waals surface area contributed by atoms with Crippen molar-refractivity contribution < 1.29 is 9.72 Å². The highest BCUT2D eigenvalue weighted by molar-refractivity contribution is 5.90. The molecular weight excluding hydrogens is 344 g/mol. The van der Waals surface area contributed by atoms with Gasteiger partial charge in [0.25, 0.3) is 5.69 Å². The van der Waals surface area contributed by atoms with E-state index in [1.807, 2.05) is 60.7 Å². The lowest BCUT2D eigenvalue weighted by molar-refractivity contribution is -0.384. The standard InChI is InChI=1S/C20H18N4O3/c25-20(21-17-11-13-19(14-12-17)24(26)27)22-23(18-9-5-2-6-10-18)15-16-7-3-1-4-8-16/h1-14H,15H2,(H2,21,22,25). The molecule has 0 unspecified atom stereocenters. The van der Waals surface area contributed by atoms with Crippen molar-refractivity contribution in [3.05, 3.63) is 101 Å². The summed E-state index contributed by atoms with van der Waals surface area (Å²) in [6.07, 6.45) is 0. The molecule has 7 heteroatoms. The fraction of sp³-hybridized carbons (Fsp3) is 0.0500. The summed E-state index contributed by atoms with van der Waals surface area (Å²) in [4.78, 5) is 22.6. The van der Waals surface area contributed by atoms with E-state index < -0.39 is 11.0 Å². The predicted molar refractivity (Wildman–Crippen MR) is 104 cm³/mol. The summed E-state index contributed by atoms with van der Waals surface area (Å²) in [5, 5.41) is 15.1. The number of non-ortho nitro benzene ring substituents is 1. The van der Waals surface area contributed by atoms with Crippen LogP contribution in [-0.2, 0) is 6.54 Å². The number of carbonyl (C=O) groups is 1. The summed E-state index contributed by atoms with van der Waals surface area (Å²) in [5.41, 5.74) is 5.12. The third-order valence-corrected chi connectivity index (χ3v) is 3.82. The number of anilines is 2. The van der Waals surface area contributed by atoms with Gasteiger partial charge < -0.3 is 5.32 Å². The molecular formula is C20H18N4O3. The van der Waals surface area contributed by atoms with Crippen LogP contribution >= 0.6 is 0 Å². The van der Waals surface area contributed by atoms with Gasteiger partial charge in [0.05, 0.1) is 17.2 Å². The summed E-state index contributed by atoms with van der Waals surface area (Å²) >= 11 is 0. The van der Waals surface area contributed by atoms with E-state index in [0.717, 1.165) is 11.3 Å². The minimum absolute atomic E-state index is 0.0315. The zero-order chi connectivity index (χ0) is 19.1. The van der Waals surface area contributed by atoms with Crippen LogP contribution in [0.5, 0.6) is 0 Å².